The summed E-state index contributed by atoms with van der Waals surface area (Å²) in [5.41, 5.74) is 0.525. The number of halogens is 1. The highest BCUT2D eigenvalue weighted by atomic mass is 19.1. The summed E-state index contributed by atoms with van der Waals surface area (Å²) in [5, 5.41) is 9.09. The third kappa shape index (κ3) is 3.82. The van der Waals surface area contributed by atoms with Crippen molar-refractivity contribution in [2.45, 2.75) is 32.4 Å². The molecule has 4 heteroatoms. The summed E-state index contributed by atoms with van der Waals surface area (Å²) in [4.78, 5) is 12.7. The van der Waals surface area contributed by atoms with Crippen LogP contribution in [0.15, 0.2) is 24.3 Å². The highest BCUT2D eigenvalue weighted by Crippen LogP contribution is 2.13. The molecule has 0 amide bonds. The Morgan fingerprint density at radius 1 is 1.47 bits per heavy atom. The first kappa shape index (κ1) is 13.6. The predicted molar refractivity (Wildman–Crippen MR) is 64.2 cm³/mol. The van der Waals surface area contributed by atoms with Gasteiger partial charge >= 0.3 is 5.97 Å². The first-order chi connectivity index (χ1) is 8.06. The molecule has 0 saturated carbocycles. The van der Waals surface area contributed by atoms with Gasteiger partial charge in [0.2, 0.25) is 0 Å². The molecule has 1 rings (SSSR count). The van der Waals surface area contributed by atoms with Crippen LogP contribution in [0.2, 0.25) is 0 Å². The molecular formula is C13H18FNO2. The first-order valence-electron chi connectivity index (χ1n) is 5.72. The van der Waals surface area contributed by atoms with E-state index in [4.69, 9.17) is 5.11 Å². The van der Waals surface area contributed by atoms with Gasteiger partial charge in [-0.05, 0) is 19.5 Å². The van der Waals surface area contributed by atoms with Crippen molar-refractivity contribution in [2.24, 2.45) is 0 Å². The van der Waals surface area contributed by atoms with Crippen LogP contribution in [0.5, 0.6) is 0 Å². The lowest BCUT2D eigenvalue weighted by atomic mass is 10.1. The molecule has 0 heterocycles. The Hall–Kier alpha value is -1.42. The van der Waals surface area contributed by atoms with E-state index in [1.165, 1.54) is 6.07 Å². The zero-order valence-corrected chi connectivity index (χ0v) is 10.2. The lowest BCUT2D eigenvalue weighted by Crippen LogP contribution is -2.38. The molecule has 3 nitrogen and oxygen atoms in total. The summed E-state index contributed by atoms with van der Waals surface area (Å²) in [5.74, 6) is -1.15. The molecule has 1 atom stereocenters. The molecule has 0 aliphatic rings. The van der Waals surface area contributed by atoms with Crippen LogP contribution in [0.25, 0.3) is 0 Å². The van der Waals surface area contributed by atoms with E-state index < -0.39 is 12.0 Å². The average molecular weight is 239 g/mol. The summed E-state index contributed by atoms with van der Waals surface area (Å²) >= 11 is 0. The molecule has 0 fully saturated rings. The number of nitrogens with zero attached hydrogens (tertiary/aromatic N) is 1. The second-order valence-electron chi connectivity index (χ2n) is 4.15. The molecule has 17 heavy (non-hydrogen) atoms. The molecule has 94 valence electrons. The Labute approximate surface area is 101 Å². The molecule has 0 aliphatic heterocycles. The Kier molecular flexibility index (Phi) is 5.10. The van der Waals surface area contributed by atoms with Crippen molar-refractivity contribution >= 4 is 5.97 Å². The lowest BCUT2D eigenvalue weighted by Gasteiger charge is -2.24. The molecule has 1 aromatic carbocycles. The summed E-state index contributed by atoms with van der Waals surface area (Å²) in [7, 11) is 1.71. The number of likely N-dealkylation sites (N-methyl/N-ethyl adjacent to an activating group) is 1. The third-order valence-corrected chi connectivity index (χ3v) is 2.76. The van der Waals surface area contributed by atoms with Crippen molar-refractivity contribution in [3.63, 3.8) is 0 Å². The Morgan fingerprint density at radius 2 is 2.12 bits per heavy atom. The smallest absolute Gasteiger partial charge is 0.320 e. The standard InChI is InChI=1S/C13H18FNO2/c1-3-6-12(13(16)17)15(2)9-10-7-4-5-8-11(10)14/h4-5,7-8,12H,3,6,9H2,1-2H3,(H,16,17). The zero-order valence-electron chi connectivity index (χ0n) is 10.2. The van der Waals surface area contributed by atoms with Crippen LogP contribution in [-0.2, 0) is 11.3 Å². The maximum atomic E-state index is 13.4. The quantitative estimate of drug-likeness (QED) is 0.829. The summed E-state index contributed by atoms with van der Waals surface area (Å²) in [6, 6.07) is 5.89. The van der Waals surface area contributed by atoms with Gasteiger partial charge < -0.3 is 5.11 Å². The number of aliphatic carboxylic acids is 1. The van der Waals surface area contributed by atoms with Crippen LogP contribution in [-0.4, -0.2) is 29.1 Å². The van der Waals surface area contributed by atoms with E-state index >= 15 is 0 Å². The highest BCUT2D eigenvalue weighted by molar-refractivity contribution is 5.73. The number of rotatable bonds is 6. The number of carboxylic acids is 1. The topological polar surface area (TPSA) is 40.5 Å². The van der Waals surface area contributed by atoms with Gasteiger partial charge in [-0.15, -0.1) is 0 Å². The van der Waals surface area contributed by atoms with Gasteiger partial charge in [0.1, 0.15) is 11.9 Å². The Balaban J connectivity index is 2.73. The SMILES string of the molecule is CCCC(C(=O)O)N(C)Cc1ccccc1F. The third-order valence-electron chi connectivity index (χ3n) is 2.76. The van der Waals surface area contributed by atoms with E-state index in [1.807, 2.05) is 6.92 Å². The van der Waals surface area contributed by atoms with Crippen LogP contribution < -0.4 is 0 Å². The lowest BCUT2D eigenvalue weighted by molar-refractivity contribution is -0.143. The minimum absolute atomic E-state index is 0.292. The fourth-order valence-electron chi connectivity index (χ4n) is 1.81. The molecule has 0 saturated heterocycles. The van der Waals surface area contributed by atoms with Gasteiger partial charge in [0, 0.05) is 12.1 Å². The van der Waals surface area contributed by atoms with Crippen molar-refractivity contribution < 1.29 is 14.3 Å². The average Bonchev–Trinajstić information content (AvgIpc) is 2.28. The molecule has 0 radical (unpaired) electrons. The molecular weight excluding hydrogens is 221 g/mol. The van der Waals surface area contributed by atoms with Crippen molar-refractivity contribution in [2.75, 3.05) is 7.05 Å². The number of benzene rings is 1. The minimum atomic E-state index is -0.856. The van der Waals surface area contributed by atoms with E-state index in [9.17, 15) is 9.18 Å². The predicted octanol–water partition coefficient (Wildman–Crippen LogP) is 2.51. The normalized spacial score (nSPS) is 12.7. The zero-order chi connectivity index (χ0) is 12.8. The molecule has 1 N–H and O–H groups in total. The Bertz CT molecular complexity index is 381. The van der Waals surface area contributed by atoms with Crippen molar-refractivity contribution in [1.29, 1.82) is 0 Å². The van der Waals surface area contributed by atoms with Gasteiger partial charge in [-0.3, -0.25) is 9.69 Å². The van der Waals surface area contributed by atoms with Crippen molar-refractivity contribution in [1.82, 2.24) is 4.90 Å². The van der Waals surface area contributed by atoms with E-state index in [2.05, 4.69) is 0 Å². The molecule has 0 bridgehead atoms. The second-order valence-corrected chi connectivity index (χ2v) is 4.15. The number of hydrogen-bond acceptors (Lipinski definition) is 2. The van der Waals surface area contributed by atoms with Crippen LogP contribution >= 0.6 is 0 Å². The highest BCUT2D eigenvalue weighted by Gasteiger charge is 2.22. The summed E-state index contributed by atoms with van der Waals surface area (Å²) in [6.07, 6.45) is 1.36. The van der Waals surface area contributed by atoms with Crippen LogP contribution in [0.1, 0.15) is 25.3 Å². The fraction of sp³-hybridized carbons (Fsp3) is 0.462. The Morgan fingerprint density at radius 3 is 2.65 bits per heavy atom. The van der Waals surface area contributed by atoms with Gasteiger partial charge in [0.15, 0.2) is 0 Å². The molecule has 0 aliphatic carbocycles. The summed E-state index contributed by atoms with van der Waals surface area (Å²) in [6.45, 7) is 2.25. The van der Waals surface area contributed by atoms with Crippen LogP contribution in [0.3, 0.4) is 0 Å². The van der Waals surface area contributed by atoms with Crippen LogP contribution in [0.4, 0.5) is 4.39 Å². The molecule has 0 aromatic heterocycles. The fourth-order valence-corrected chi connectivity index (χ4v) is 1.81. The minimum Gasteiger partial charge on any atom is -0.480 e. The monoisotopic (exact) mass is 239 g/mol. The van der Waals surface area contributed by atoms with Gasteiger partial charge in [0.25, 0.3) is 0 Å². The maximum absolute atomic E-state index is 13.4. The van der Waals surface area contributed by atoms with Gasteiger partial charge in [-0.25, -0.2) is 4.39 Å². The van der Waals surface area contributed by atoms with Crippen LogP contribution in [0, 0.1) is 5.82 Å². The van der Waals surface area contributed by atoms with E-state index in [-0.39, 0.29) is 5.82 Å². The number of hydrogen-bond donors (Lipinski definition) is 1. The van der Waals surface area contributed by atoms with Gasteiger partial charge in [0.05, 0.1) is 0 Å². The summed E-state index contributed by atoms with van der Waals surface area (Å²) < 4.78 is 13.4. The van der Waals surface area contributed by atoms with Crippen molar-refractivity contribution in [3.8, 4) is 0 Å². The second kappa shape index (κ2) is 6.35. The molecule has 0 spiro atoms. The van der Waals surface area contributed by atoms with Crippen molar-refractivity contribution in [3.05, 3.63) is 35.6 Å². The molecule has 1 unspecified atom stereocenters. The van der Waals surface area contributed by atoms with Gasteiger partial charge in [-0.1, -0.05) is 31.5 Å². The maximum Gasteiger partial charge on any atom is 0.320 e. The first-order valence-corrected chi connectivity index (χ1v) is 5.72. The number of carbonyl (C=O) groups is 1. The van der Waals surface area contributed by atoms with E-state index in [1.54, 1.807) is 30.1 Å². The van der Waals surface area contributed by atoms with E-state index in [0.29, 0.717) is 18.5 Å². The molecule has 1 aromatic rings. The van der Waals surface area contributed by atoms with Gasteiger partial charge in [-0.2, -0.15) is 0 Å². The number of carboxylic acid groups (broad SMARTS) is 1. The largest absolute Gasteiger partial charge is 0.480 e. The van der Waals surface area contributed by atoms with E-state index in [0.717, 1.165) is 6.42 Å².